The highest BCUT2D eigenvalue weighted by Gasteiger charge is 2.32. The standard InChI is InChI=1S/C20H22N4O4S/c1-28-15-6-8-16(9-7-15)29(26,27)24-12-10-14(11-13-24)19(25)23-20-21-17-4-2-3-5-18(17)22-20/h2-9,14H,10-13H2,1H3,(H2,21,22,23,25). The van der Waals surface area contributed by atoms with Crippen LogP contribution < -0.4 is 10.1 Å². The molecule has 2 N–H and O–H groups in total. The number of ether oxygens (including phenoxy) is 1. The molecule has 2 heterocycles. The highest BCUT2D eigenvalue weighted by atomic mass is 32.2. The molecule has 29 heavy (non-hydrogen) atoms. The Morgan fingerprint density at radius 1 is 1.14 bits per heavy atom. The number of para-hydroxylation sites is 2. The Hall–Kier alpha value is -2.91. The molecule has 4 rings (SSSR count). The number of aromatic nitrogens is 2. The van der Waals surface area contributed by atoms with Crippen molar-refractivity contribution in [1.82, 2.24) is 14.3 Å². The van der Waals surface area contributed by atoms with Crippen LogP contribution >= 0.6 is 0 Å². The second-order valence-corrected chi connectivity index (χ2v) is 8.88. The van der Waals surface area contributed by atoms with Crippen LogP contribution in [-0.4, -0.2) is 48.8 Å². The van der Waals surface area contributed by atoms with Gasteiger partial charge in [0.25, 0.3) is 0 Å². The first-order chi connectivity index (χ1) is 14.0. The molecule has 9 heteroatoms. The Labute approximate surface area is 168 Å². The molecule has 1 amide bonds. The molecule has 0 aliphatic carbocycles. The zero-order valence-corrected chi connectivity index (χ0v) is 16.8. The van der Waals surface area contributed by atoms with Gasteiger partial charge in [-0.1, -0.05) is 12.1 Å². The number of nitrogens with one attached hydrogen (secondary N) is 2. The maximum Gasteiger partial charge on any atom is 0.243 e. The third kappa shape index (κ3) is 3.96. The molecular formula is C20H22N4O4S. The number of benzene rings is 2. The predicted molar refractivity (Wildman–Crippen MR) is 109 cm³/mol. The lowest BCUT2D eigenvalue weighted by Gasteiger charge is -2.30. The normalized spacial score (nSPS) is 16.0. The zero-order chi connectivity index (χ0) is 20.4. The highest BCUT2D eigenvalue weighted by Crippen LogP contribution is 2.26. The van der Waals surface area contributed by atoms with E-state index in [2.05, 4.69) is 15.3 Å². The molecule has 152 valence electrons. The summed E-state index contributed by atoms with van der Waals surface area (Å²) in [5.41, 5.74) is 1.63. The van der Waals surface area contributed by atoms with Crippen molar-refractivity contribution in [2.24, 2.45) is 5.92 Å². The predicted octanol–water partition coefficient (Wildman–Crippen LogP) is 2.61. The van der Waals surface area contributed by atoms with Gasteiger partial charge in [-0.15, -0.1) is 0 Å². The number of amides is 1. The molecule has 1 aromatic heterocycles. The van der Waals surface area contributed by atoms with Crippen LogP contribution in [0.3, 0.4) is 0 Å². The number of nitrogens with zero attached hydrogens (tertiary/aromatic N) is 2. The van der Waals surface area contributed by atoms with Crippen molar-refractivity contribution in [2.45, 2.75) is 17.7 Å². The average Bonchev–Trinajstić information content (AvgIpc) is 3.16. The fourth-order valence-corrected chi connectivity index (χ4v) is 4.96. The number of sulfonamides is 1. The molecule has 0 bridgehead atoms. The topological polar surface area (TPSA) is 104 Å². The molecule has 0 unspecified atom stereocenters. The minimum atomic E-state index is -3.58. The number of hydrogen-bond acceptors (Lipinski definition) is 5. The number of hydrogen-bond donors (Lipinski definition) is 2. The van der Waals surface area contributed by atoms with Gasteiger partial charge >= 0.3 is 0 Å². The van der Waals surface area contributed by atoms with Crippen molar-refractivity contribution in [3.8, 4) is 5.75 Å². The van der Waals surface area contributed by atoms with Gasteiger partial charge in [-0.3, -0.25) is 10.1 Å². The first-order valence-corrected chi connectivity index (χ1v) is 10.8. The molecule has 1 aliphatic rings. The first-order valence-electron chi connectivity index (χ1n) is 9.37. The number of H-pyrrole nitrogens is 1. The smallest absolute Gasteiger partial charge is 0.243 e. The number of methoxy groups -OCH3 is 1. The molecule has 0 spiro atoms. The van der Waals surface area contributed by atoms with Gasteiger partial charge in [0.2, 0.25) is 21.9 Å². The van der Waals surface area contributed by atoms with Gasteiger partial charge in [-0.05, 0) is 49.2 Å². The van der Waals surface area contributed by atoms with Gasteiger partial charge < -0.3 is 9.72 Å². The second-order valence-electron chi connectivity index (χ2n) is 6.95. The second kappa shape index (κ2) is 7.84. The minimum Gasteiger partial charge on any atom is -0.497 e. The zero-order valence-electron chi connectivity index (χ0n) is 16.0. The third-order valence-corrected chi connectivity index (χ3v) is 7.07. The lowest BCUT2D eigenvalue weighted by Crippen LogP contribution is -2.41. The Morgan fingerprint density at radius 3 is 2.48 bits per heavy atom. The molecule has 1 saturated heterocycles. The average molecular weight is 414 g/mol. The van der Waals surface area contributed by atoms with Crippen molar-refractivity contribution in [3.05, 3.63) is 48.5 Å². The monoisotopic (exact) mass is 414 g/mol. The van der Waals surface area contributed by atoms with Crippen LogP contribution in [0.2, 0.25) is 0 Å². The molecule has 3 aromatic rings. The van der Waals surface area contributed by atoms with Gasteiger partial charge in [0.1, 0.15) is 5.75 Å². The van der Waals surface area contributed by atoms with Crippen LogP contribution in [0.5, 0.6) is 5.75 Å². The largest absolute Gasteiger partial charge is 0.497 e. The number of carbonyl (C=O) groups is 1. The fourth-order valence-electron chi connectivity index (χ4n) is 3.49. The van der Waals surface area contributed by atoms with E-state index in [4.69, 9.17) is 4.74 Å². The van der Waals surface area contributed by atoms with Gasteiger partial charge in [-0.25, -0.2) is 13.4 Å². The molecule has 1 fully saturated rings. The Balaban J connectivity index is 1.38. The lowest BCUT2D eigenvalue weighted by molar-refractivity contribution is -0.120. The molecule has 2 aromatic carbocycles. The summed E-state index contributed by atoms with van der Waals surface area (Å²) in [6.07, 6.45) is 0.920. The van der Waals surface area contributed by atoms with E-state index in [1.165, 1.54) is 23.5 Å². The van der Waals surface area contributed by atoms with Gasteiger partial charge in [0.15, 0.2) is 0 Å². The Kier molecular flexibility index (Phi) is 5.25. The minimum absolute atomic E-state index is 0.148. The van der Waals surface area contributed by atoms with Crippen molar-refractivity contribution < 1.29 is 17.9 Å². The summed E-state index contributed by atoms with van der Waals surface area (Å²) in [6, 6.07) is 13.9. The molecule has 0 radical (unpaired) electrons. The van der Waals surface area contributed by atoms with Crippen LogP contribution in [0.1, 0.15) is 12.8 Å². The molecular weight excluding hydrogens is 392 g/mol. The molecule has 8 nitrogen and oxygen atoms in total. The Bertz CT molecular complexity index is 1080. The Morgan fingerprint density at radius 2 is 1.83 bits per heavy atom. The van der Waals surface area contributed by atoms with E-state index in [1.54, 1.807) is 12.1 Å². The van der Waals surface area contributed by atoms with E-state index in [-0.39, 0.29) is 16.7 Å². The summed E-state index contributed by atoms with van der Waals surface area (Å²) in [6.45, 7) is 0.596. The van der Waals surface area contributed by atoms with E-state index in [1.807, 2.05) is 24.3 Å². The maximum atomic E-state index is 12.8. The number of rotatable bonds is 5. The molecule has 0 saturated carbocycles. The number of aromatic amines is 1. The van der Waals surface area contributed by atoms with Gasteiger partial charge in [0.05, 0.1) is 23.0 Å². The summed E-state index contributed by atoms with van der Waals surface area (Å²) in [5, 5.41) is 2.81. The van der Waals surface area contributed by atoms with Crippen LogP contribution in [0, 0.1) is 5.92 Å². The van der Waals surface area contributed by atoms with Gasteiger partial charge in [0, 0.05) is 19.0 Å². The summed E-state index contributed by atoms with van der Waals surface area (Å²) in [4.78, 5) is 20.2. The van der Waals surface area contributed by atoms with E-state index in [0.29, 0.717) is 37.6 Å². The van der Waals surface area contributed by atoms with Crippen LogP contribution in [0.4, 0.5) is 5.95 Å². The van der Waals surface area contributed by atoms with Crippen molar-refractivity contribution in [2.75, 3.05) is 25.5 Å². The number of piperidine rings is 1. The quantitative estimate of drug-likeness (QED) is 0.668. The lowest BCUT2D eigenvalue weighted by atomic mass is 9.97. The number of imidazole rings is 1. The van der Waals surface area contributed by atoms with Crippen molar-refractivity contribution >= 4 is 32.9 Å². The molecule has 0 atom stereocenters. The summed E-state index contributed by atoms with van der Waals surface area (Å²) in [7, 11) is -2.05. The van der Waals surface area contributed by atoms with E-state index in [9.17, 15) is 13.2 Å². The first kappa shape index (κ1) is 19.4. The highest BCUT2D eigenvalue weighted by molar-refractivity contribution is 7.89. The van der Waals surface area contributed by atoms with E-state index < -0.39 is 10.0 Å². The number of carbonyl (C=O) groups excluding carboxylic acids is 1. The van der Waals surface area contributed by atoms with E-state index in [0.717, 1.165) is 11.0 Å². The van der Waals surface area contributed by atoms with Gasteiger partial charge in [-0.2, -0.15) is 4.31 Å². The molecule has 1 aliphatic heterocycles. The SMILES string of the molecule is COc1ccc(S(=O)(=O)N2CCC(C(=O)Nc3nc4ccccc4[nH]3)CC2)cc1. The van der Waals surface area contributed by atoms with Crippen molar-refractivity contribution in [1.29, 1.82) is 0 Å². The van der Waals surface area contributed by atoms with Crippen LogP contribution in [0.25, 0.3) is 11.0 Å². The van der Waals surface area contributed by atoms with E-state index >= 15 is 0 Å². The third-order valence-electron chi connectivity index (χ3n) is 5.15. The summed E-state index contributed by atoms with van der Waals surface area (Å²) >= 11 is 0. The fraction of sp³-hybridized carbons (Fsp3) is 0.300. The van der Waals surface area contributed by atoms with Crippen molar-refractivity contribution in [3.63, 3.8) is 0 Å². The summed E-state index contributed by atoms with van der Waals surface area (Å²) < 4.78 is 32.2. The van der Waals surface area contributed by atoms with Crippen LogP contribution in [0.15, 0.2) is 53.4 Å². The van der Waals surface area contributed by atoms with Crippen LogP contribution in [-0.2, 0) is 14.8 Å². The number of anilines is 1. The maximum absolute atomic E-state index is 12.8. The summed E-state index contributed by atoms with van der Waals surface area (Å²) in [5.74, 6) is 0.602. The number of fused-ring (bicyclic) bond motifs is 1.